The molecule has 0 aliphatic heterocycles. The third-order valence-electron chi connectivity index (χ3n) is 3.53. The van der Waals surface area contributed by atoms with E-state index < -0.39 is 0 Å². The number of nitrogens with zero attached hydrogens (tertiary/aromatic N) is 7. The quantitative estimate of drug-likeness (QED) is 0.186. The molecule has 0 aliphatic rings. The van der Waals surface area contributed by atoms with Gasteiger partial charge in [0.15, 0.2) is 23.0 Å². The molecule has 2 N–H and O–H groups in total. The van der Waals surface area contributed by atoms with Crippen LogP contribution in [-0.4, -0.2) is 46.3 Å². The average Bonchev–Trinajstić information content (AvgIpc) is 3.15. The summed E-state index contributed by atoms with van der Waals surface area (Å²) in [5.41, 5.74) is 1.12. The smallest absolute Gasteiger partial charge is 0.202 e. The van der Waals surface area contributed by atoms with E-state index in [2.05, 4.69) is 34.9 Å². The fourth-order valence-electron chi connectivity index (χ4n) is 2.21. The number of aromatic hydroxyl groups is 1. The predicted octanol–water partition coefficient (Wildman–Crippen LogP) is 3.79. The minimum absolute atomic E-state index is 0.127. The Morgan fingerprint density at radius 1 is 1.38 bits per heavy atom. The van der Waals surface area contributed by atoms with Crippen molar-refractivity contribution in [2.24, 2.45) is 15.2 Å². The summed E-state index contributed by atoms with van der Waals surface area (Å²) in [6.45, 7) is 2.52. The summed E-state index contributed by atoms with van der Waals surface area (Å²) < 4.78 is 14.3. The van der Waals surface area contributed by atoms with Gasteiger partial charge in [-0.25, -0.2) is 9.98 Å². The second-order valence-corrected chi connectivity index (χ2v) is 6.12. The molecule has 3 aromatic rings. The van der Waals surface area contributed by atoms with Gasteiger partial charge in [0.1, 0.15) is 24.0 Å². The van der Waals surface area contributed by atoms with Crippen molar-refractivity contribution in [2.75, 3.05) is 25.8 Å². The molecule has 3 heterocycles. The largest absolute Gasteiger partial charge is 0.504 e. The molecule has 0 radical (unpaired) electrons. The van der Waals surface area contributed by atoms with Crippen molar-refractivity contribution in [1.82, 2.24) is 14.3 Å². The Hall–Kier alpha value is -3.69. The molecule has 29 heavy (non-hydrogen) atoms. The van der Waals surface area contributed by atoms with Gasteiger partial charge in [0.2, 0.25) is 5.82 Å². The molecule has 12 heteroatoms. The first-order valence-corrected chi connectivity index (χ1v) is 9.11. The normalized spacial score (nSPS) is 11.3. The van der Waals surface area contributed by atoms with Crippen LogP contribution >= 0.6 is 11.5 Å². The number of hydrogen-bond acceptors (Lipinski definition) is 12. The third kappa shape index (κ3) is 4.60. The number of rotatable bonds is 8. The van der Waals surface area contributed by atoms with Crippen LogP contribution < -0.4 is 5.32 Å². The van der Waals surface area contributed by atoms with Gasteiger partial charge < -0.3 is 19.9 Å². The number of aromatic nitrogens is 3. The van der Waals surface area contributed by atoms with Crippen LogP contribution in [0.2, 0.25) is 0 Å². The van der Waals surface area contributed by atoms with Crippen LogP contribution in [0.25, 0.3) is 10.9 Å². The second-order valence-electron chi connectivity index (χ2n) is 5.37. The fraction of sp³-hybridized carbons (Fsp3) is 0.235. The first kappa shape index (κ1) is 20.1. The van der Waals surface area contributed by atoms with Crippen molar-refractivity contribution in [3.05, 3.63) is 24.0 Å². The number of anilines is 1. The summed E-state index contributed by atoms with van der Waals surface area (Å²) >= 11 is 1.08. The second kappa shape index (κ2) is 9.49. The van der Waals surface area contributed by atoms with Gasteiger partial charge in [-0.1, -0.05) is 0 Å². The van der Waals surface area contributed by atoms with E-state index >= 15 is 0 Å². The molecule has 0 aromatic carbocycles. The molecule has 3 aromatic heterocycles. The summed E-state index contributed by atoms with van der Waals surface area (Å²) in [5.74, 6) is 0.186. The maximum Gasteiger partial charge on any atom is 0.202 e. The first-order chi connectivity index (χ1) is 14.2. The first-order valence-electron chi connectivity index (χ1n) is 8.34. The highest BCUT2D eigenvalue weighted by molar-refractivity contribution is 7.11. The number of nitrogens with one attached hydrogen (secondary N) is 1. The van der Waals surface area contributed by atoms with Crippen molar-refractivity contribution in [3.8, 4) is 11.8 Å². The van der Waals surface area contributed by atoms with E-state index in [1.165, 1.54) is 25.8 Å². The molecule has 148 valence electrons. The molecule has 0 spiro atoms. The fourth-order valence-corrected chi connectivity index (χ4v) is 2.91. The zero-order valence-corrected chi connectivity index (χ0v) is 16.3. The monoisotopic (exact) mass is 412 g/mol. The predicted molar refractivity (Wildman–Crippen MR) is 107 cm³/mol. The Morgan fingerprint density at radius 2 is 2.24 bits per heavy atom. The van der Waals surface area contributed by atoms with Gasteiger partial charge in [-0.15, -0.1) is 10.2 Å². The minimum atomic E-state index is -0.127. The number of aliphatic imine (C=N–C) groups is 1. The van der Waals surface area contributed by atoms with E-state index in [0.717, 1.165) is 11.5 Å². The SMILES string of the molecule is CCOCNc1nc(/N=N/c2snc3c(C#N)cncc23)c(N=COC)cc1O. The molecule has 0 saturated carbocycles. The van der Waals surface area contributed by atoms with Crippen LogP contribution in [0.3, 0.4) is 0 Å². The van der Waals surface area contributed by atoms with Crippen LogP contribution in [0.4, 0.5) is 22.3 Å². The molecule has 0 saturated heterocycles. The summed E-state index contributed by atoms with van der Waals surface area (Å²) in [7, 11) is 1.44. The summed E-state index contributed by atoms with van der Waals surface area (Å²) in [4.78, 5) is 12.3. The van der Waals surface area contributed by atoms with Crippen LogP contribution in [0, 0.1) is 11.3 Å². The summed E-state index contributed by atoms with van der Waals surface area (Å²) in [5, 5.41) is 31.6. The van der Waals surface area contributed by atoms with E-state index in [4.69, 9.17) is 14.7 Å². The number of nitriles is 1. The Morgan fingerprint density at radius 3 is 3.00 bits per heavy atom. The zero-order valence-electron chi connectivity index (χ0n) is 15.5. The number of azo groups is 1. The Labute approximate surface area is 169 Å². The van der Waals surface area contributed by atoms with Gasteiger partial charge >= 0.3 is 0 Å². The van der Waals surface area contributed by atoms with Gasteiger partial charge in [0.25, 0.3) is 0 Å². The molecule has 0 amide bonds. The van der Waals surface area contributed by atoms with Crippen LogP contribution in [-0.2, 0) is 9.47 Å². The maximum atomic E-state index is 10.2. The Kier molecular flexibility index (Phi) is 6.56. The third-order valence-corrected chi connectivity index (χ3v) is 4.28. The highest BCUT2D eigenvalue weighted by atomic mass is 32.1. The lowest BCUT2D eigenvalue weighted by Gasteiger charge is -2.09. The standard InChI is InChI=1S/C17H16N8O3S/c1-3-28-9-21-16-13(26)4-12(20-8-27-2)15(22-16)23-24-17-11-7-19-6-10(5-18)14(11)25-29-17/h4,6-8,26H,3,9H2,1-2H3,(H,21,22)/b20-8?,24-23+. The van der Waals surface area contributed by atoms with Gasteiger partial charge in [0, 0.05) is 25.1 Å². The maximum absolute atomic E-state index is 10.2. The van der Waals surface area contributed by atoms with Gasteiger partial charge in [-0.2, -0.15) is 9.64 Å². The van der Waals surface area contributed by atoms with Crippen LogP contribution in [0.1, 0.15) is 12.5 Å². The van der Waals surface area contributed by atoms with E-state index in [1.807, 2.05) is 13.0 Å². The van der Waals surface area contributed by atoms with Gasteiger partial charge in [0.05, 0.1) is 18.1 Å². The zero-order chi connectivity index (χ0) is 20.6. The molecule has 0 bridgehead atoms. The lowest BCUT2D eigenvalue weighted by Crippen LogP contribution is -2.07. The molecule has 0 unspecified atom stereocenters. The molecule has 3 rings (SSSR count). The van der Waals surface area contributed by atoms with Gasteiger partial charge in [-0.05, 0) is 18.5 Å². The van der Waals surface area contributed by atoms with Crippen molar-refractivity contribution in [1.29, 1.82) is 5.26 Å². The number of ether oxygens (including phenoxy) is 2. The number of methoxy groups -OCH3 is 1. The summed E-state index contributed by atoms with van der Waals surface area (Å²) in [6.07, 6.45) is 4.20. The van der Waals surface area contributed by atoms with Crippen molar-refractivity contribution >= 4 is 51.2 Å². The molecular weight excluding hydrogens is 396 g/mol. The van der Waals surface area contributed by atoms with Crippen LogP contribution in [0.5, 0.6) is 5.75 Å². The van der Waals surface area contributed by atoms with Crippen molar-refractivity contribution in [2.45, 2.75) is 6.92 Å². The molecule has 0 fully saturated rings. The van der Waals surface area contributed by atoms with E-state index in [0.29, 0.717) is 28.1 Å². The van der Waals surface area contributed by atoms with E-state index in [-0.39, 0.29) is 29.8 Å². The number of pyridine rings is 2. The topological polar surface area (TPSA) is 150 Å². The highest BCUT2D eigenvalue weighted by Crippen LogP contribution is 2.37. The lowest BCUT2D eigenvalue weighted by atomic mass is 10.2. The minimum Gasteiger partial charge on any atom is -0.504 e. The summed E-state index contributed by atoms with van der Waals surface area (Å²) in [6, 6.07) is 3.42. The number of fused-ring (bicyclic) bond motifs is 1. The van der Waals surface area contributed by atoms with Gasteiger partial charge in [-0.3, -0.25) is 4.98 Å². The lowest BCUT2D eigenvalue weighted by molar-refractivity contribution is 0.166. The molecular formula is C17H16N8O3S. The van der Waals surface area contributed by atoms with Crippen molar-refractivity contribution in [3.63, 3.8) is 0 Å². The Bertz CT molecular complexity index is 1110. The van der Waals surface area contributed by atoms with E-state index in [9.17, 15) is 5.11 Å². The molecule has 0 atom stereocenters. The van der Waals surface area contributed by atoms with Crippen molar-refractivity contribution < 1.29 is 14.6 Å². The number of hydrogen-bond donors (Lipinski definition) is 2. The highest BCUT2D eigenvalue weighted by Gasteiger charge is 2.13. The van der Waals surface area contributed by atoms with E-state index in [1.54, 1.807) is 6.20 Å². The molecule has 11 nitrogen and oxygen atoms in total. The molecule has 0 aliphatic carbocycles. The Balaban J connectivity index is 1.99. The van der Waals surface area contributed by atoms with Crippen LogP contribution in [0.15, 0.2) is 33.7 Å². The average molecular weight is 412 g/mol.